The minimum Gasteiger partial charge on any atom is -0.446 e. The van der Waals surface area contributed by atoms with Crippen LogP contribution < -0.4 is 0 Å². The van der Waals surface area contributed by atoms with Crippen LogP contribution in [0.1, 0.15) is 11.6 Å². The van der Waals surface area contributed by atoms with Gasteiger partial charge in [0.1, 0.15) is 12.6 Å². The van der Waals surface area contributed by atoms with Crippen molar-refractivity contribution in [3.63, 3.8) is 0 Å². The monoisotopic (exact) mass is 225 g/mol. The highest BCUT2D eigenvalue weighted by Gasteiger charge is 2.37. The van der Waals surface area contributed by atoms with Crippen LogP contribution in [0.2, 0.25) is 0 Å². The van der Waals surface area contributed by atoms with Gasteiger partial charge in [0.25, 0.3) is 0 Å². The molecular formula is C10H8ClNO3. The van der Waals surface area contributed by atoms with Crippen LogP contribution in [0.15, 0.2) is 30.3 Å². The number of hydrogen-bond acceptors (Lipinski definition) is 3. The highest BCUT2D eigenvalue weighted by molar-refractivity contribution is 6.64. The molecule has 1 atom stereocenters. The Kier molecular flexibility index (Phi) is 2.60. The van der Waals surface area contributed by atoms with Gasteiger partial charge in [-0.3, -0.25) is 4.79 Å². The van der Waals surface area contributed by atoms with Crippen LogP contribution in [0, 0.1) is 0 Å². The third kappa shape index (κ3) is 1.80. The largest absolute Gasteiger partial charge is 0.446 e. The highest BCUT2D eigenvalue weighted by Crippen LogP contribution is 2.28. The first-order chi connectivity index (χ1) is 7.20. The number of ether oxygens (including phenoxy) is 1. The molecule has 2 rings (SSSR count). The minimum atomic E-state index is -0.814. The van der Waals surface area contributed by atoms with Crippen molar-refractivity contribution in [2.45, 2.75) is 6.04 Å². The number of hydrogen-bond donors (Lipinski definition) is 0. The Labute approximate surface area is 91.4 Å². The van der Waals surface area contributed by atoms with Gasteiger partial charge < -0.3 is 4.74 Å². The Balaban J connectivity index is 2.30. The lowest BCUT2D eigenvalue weighted by Gasteiger charge is -2.16. The molecule has 0 aliphatic carbocycles. The van der Waals surface area contributed by atoms with Crippen molar-refractivity contribution in [1.82, 2.24) is 4.90 Å². The molecule has 1 aliphatic heterocycles. The molecule has 0 N–H and O–H groups in total. The van der Waals surface area contributed by atoms with Gasteiger partial charge in [0.15, 0.2) is 0 Å². The molecule has 78 valence electrons. The second-order valence-electron chi connectivity index (χ2n) is 3.13. The standard InChI is InChI=1S/C10H8ClNO3/c11-9(13)12-8(6-15-10(12)14)7-4-2-1-3-5-7/h1-5,8H,6H2/t8-/m1/s1. The third-order valence-corrected chi connectivity index (χ3v) is 2.43. The van der Waals surface area contributed by atoms with Gasteiger partial charge in [-0.15, -0.1) is 0 Å². The summed E-state index contributed by atoms with van der Waals surface area (Å²) in [6, 6.07) is 8.74. The van der Waals surface area contributed by atoms with E-state index in [0.717, 1.165) is 10.5 Å². The molecule has 1 aromatic rings. The summed E-state index contributed by atoms with van der Waals surface area (Å²) in [5.74, 6) is 0. The van der Waals surface area contributed by atoms with E-state index in [1.807, 2.05) is 30.3 Å². The average Bonchev–Trinajstić information content (AvgIpc) is 2.61. The maximum atomic E-state index is 11.2. The first-order valence-corrected chi connectivity index (χ1v) is 4.78. The fourth-order valence-corrected chi connectivity index (χ4v) is 1.72. The molecule has 0 bridgehead atoms. The zero-order valence-corrected chi connectivity index (χ0v) is 8.48. The number of cyclic esters (lactones) is 1. The van der Waals surface area contributed by atoms with Gasteiger partial charge >= 0.3 is 11.5 Å². The van der Waals surface area contributed by atoms with Gasteiger partial charge in [0.05, 0.1) is 0 Å². The predicted octanol–water partition coefficient (Wildman–Crippen LogP) is 2.54. The highest BCUT2D eigenvalue weighted by atomic mass is 35.5. The van der Waals surface area contributed by atoms with E-state index < -0.39 is 17.5 Å². The maximum Gasteiger partial charge on any atom is 0.418 e. The van der Waals surface area contributed by atoms with Crippen molar-refractivity contribution in [2.75, 3.05) is 6.61 Å². The molecular weight excluding hydrogens is 218 g/mol. The lowest BCUT2D eigenvalue weighted by Crippen LogP contribution is -2.29. The number of amides is 2. The van der Waals surface area contributed by atoms with E-state index in [1.165, 1.54) is 0 Å². The van der Waals surface area contributed by atoms with Gasteiger partial charge in [-0.25, -0.2) is 9.69 Å². The SMILES string of the molecule is O=C(Cl)N1C(=O)OC[C@@H]1c1ccccc1. The number of imide groups is 1. The van der Waals surface area contributed by atoms with E-state index in [2.05, 4.69) is 0 Å². The number of halogens is 1. The van der Waals surface area contributed by atoms with Crippen molar-refractivity contribution < 1.29 is 14.3 Å². The van der Waals surface area contributed by atoms with E-state index >= 15 is 0 Å². The van der Waals surface area contributed by atoms with Crippen molar-refractivity contribution >= 4 is 23.1 Å². The molecule has 0 saturated carbocycles. The number of carbonyl (C=O) groups excluding carboxylic acids is 2. The van der Waals surface area contributed by atoms with Gasteiger partial charge in [-0.2, -0.15) is 0 Å². The second kappa shape index (κ2) is 3.90. The Morgan fingerprint density at radius 1 is 1.40 bits per heavy atom. The molecule has 2 amide bonds. The van der Waals surface area contributed by atoms with Crippen molar-refractivity contribution in [2.24, 2.45) is 0 Å². The number of benzene rings is 1. The summed E-state index contributed by atoms with van der Waals surface area (Å²) in [7, 11) is 0. The number of carbonyl (C=O) groups is 2. The summed E-state index contributed by atoms with van der Waals surface area (Å²) in [5, 5.41) is -0.814. The molecule has 0 unspecified atom stereocenters. The van der Waals surface area contributed by atoms with Crippen LogP contribution >= 0.6 is 11.6 Å². The molecule has 1 fully saturated rings. The quantitative estimate of drug-likeness (QED) is 0.545. The summed E-state index contributed by atoms with van der Waals surface area (Å²) < 4.78 is 4.78. The van der Waals surface area contributed by atoms with E-state index in [9.17, 15) is 9.59 Å². The lowest BCUT2D eigenvalue weighted by atomic mass is 10.1. The van der Waals surface area contributed by atoms with Crippen LogP contribution in [-0.2, 0) is 4.74 Å². The second-order valence-corrected chi connectivity index (χ2v) is 3.45. The molecule has 0 spiro atoms. The van der Waals surface area contributed by atoms with E-state index in [4.69, 9.17) is 16.3 Å². The predicted molar refractivity (Wildman–Crippen MR) is 53.6 cm³/mol. The van der Waals surface area contributed by atoms with Gasteiger partial charge in [-0.1, -0.05) is 30.3 Å². The molecule has 5 heteroatoms. The van der Waals surface area contributed by atoms with Crippen LogP contribution in [0.3, 0.4) is 0 Å². The molecule has 1 saturated heterocycles. The Hall–Kier alpha value is -1.55. The molecule has 0 aromatic heterocycles. The molecule has 1 aromatic carbocycles. The van der Waals surface area contributed by atoms with Crippen molar-refractivity contribution in [3.05, 3.63) is 35.9 Å². The van der Waals surface area contributed by atoms with Crippen molar-refractivity contribution in [1.29, 1.82) is 0 Å². The smallest absolute Gasteiger partial charge is 0.418 e. The Bertz CT molecular complexity index is 393. The lowest BCUT2D eigenvalue weighted by molar-refractivity contribution is 0.163. The van der Waals surface area contributed by atoms with E-state index in [0.29, 0.717) is 0 Å². The molecule has 1 aliphatic rings. The summed E-state index contributed by atoms with van der Waals surface area (Å²) in [6.07, 6.45) is -0.691. The van der Waals surface area contributed by atoms with Crippen LogP contribution in [0.5, 0.6) is 0 Å². The van der Waals surface area contributed by atoms with Gasteiger partial charge in [0, 0.05) is 0 Å². The zero-order chi connectivity index (χ0) is 10.8. The van der Waals surface area contributed by atoms with Gasteiger partial charge in [-0.05, 0) is 17.2 Å². The van der Waals surface area contributed by atoms with Gasteiger partial charge in [0.2, 0.25) is 0 Å². The Morgan fingerprint density at radius 2 is 2.07 bits per heavy atom. The first-order valence-electron chi connectivity index (χ1n) is 4.40. The van der Waals surface area contributed by atoms with E-state index in [1.54, 1.807) is 0 Å². The van der Waals surface area contributed by atoms with E-state index in [-0.39, 0.29) is 6.61 Å². The maximum absolute atomic E-state index is 11.2. The minimum absolute atomic E-state index is 0.154. The fraction of sp³-hybridized carbons (Fsp3) is 0.200. The Morgan fingerprint density at radius 3 is 2.67 bits per heavy atom. The number of rotatable bonds is 1. The summed E-state index contributed by atoms with van der Waals surface area (Å²) >= 11 is 5.31. The normalized spacial score (nSPS) is 20.2. The topological polar surface area (TPSA) is 46.6 Å². The van der Waals surface area contributed by atoms with Crippen LogP contribution in [0.4, 0.5) is 9.59 Å². The molecule has 4 nitrogen and oxygen atoms in total. The first kappa shape index (κ1) is 9.98. The number of nitrogens with zero attached hydrogens (tertiary/aromatic N) is 1. The summed E-state index contributed by atoms with van der Waals surface area (Å²) in [4.78, 5) is 23.1. The van der Waals surface area contributed by atoms with Crippen molar-refractivity contribution in [3.8, 4) is 0 Å². The summed E-state index contributed by atoms with van der Waals surface area (Å²) in [5.41, 5.74) is 0.831. The molecule has 0 radical (unpaired) electrons. The molecule has 15 heavy (non-hydrogen) atoms. The van der Waals surface area contributed by atoms with Crippen LogP contribution in [0.25, 0.3) is 0 Å². The zero-order valence-electron chi connectivity index (χ0n) is 7.72. The third-order valence-electron chi connectivity index (χ3n) is 2.25. The molecule has 1 heterocycles. The summed E-state index contributed by atoms with van der Waals surface area (Å²) in [6.45, 7) is 0.154. The average molecular weight is 226 g/mol. The fourth-order valence-electron chi connectivity index (χ4n) is 1.54. The van der Waals surface area contributed by atoms with Crippen LogP contribution in [-0.4, -0.2) is 23.0 Å².